The Kier molecular flexibility index (Phi) is 3.25. The van der Waals surface area contributed by atoms with Crippen molar-refractivity contribution in [3.8, 4) is 17.2 Å². The monoisotopic (exact) mass is 322 g/mol. The van der Waals surface area contributed by atoms with Crippen LogP contribution in [-0.4, -0.2) is 4.98 Å². The summed E-state index contributed by atoms with van der Waals surface area (Å²) < 4.78 is 1.00. The molecule has 0 bridgehead atoms. The largest absolute Gasteiger partial charge is 0.236 e. The van der Waals surface area contributed by atoms with Gasteiger partial charge in [-0.1, -0.05) is 46.3 Å². The van der Waals surface area contributed by atoms with Gasteiger partial charge in [0.2, 0.25) is 0 Å². The number of nitriles is 1. The summed E-state index contributed by atoms with van der Waals surface area (Å²) in [5.74, 6) is 0. The summed E-state index contributed by atoms with van der Waals surface area (Å²) in [7, 11) is 0. The Labute approximate surface area is 125 Å². The van der Waals surface area contributed by atoms with Crippen molar-refractivity contribution in [3.63, 3.8) is 0 Å². The molecular formula is C17H11BrN2. The Hall–Kier alpha value is -2.18. The smallest absolute Gasteiger partial charge is 0.149 e. The van der Waals surface area contributed by atoms with Crippen LogP contribution in [0.3, 0.4) is 0 Å². The summed E-state index contributed by atoms with van der Waals surface area (Å²) in [4.78, 5) is 4.50. The number of halogens is 1. The molecule has 0 unspecified atom stereocenters. The number of fused-ring (bicyclic) bond motifs is 1. The lowest BCUT2D eigenvalue weighted by atomic mass is 10.0. The van der Waals surface area contributed by atoms with Crippen LogP contribution in [0.1, 0.15) is 11.3 Å². The maximum atomic E-state index is 9.35. The van der Waals surface area contributed by atoms with Crippen molar-refractivity contribution >= 4 is 26.8 Å². The van der Waals surface area contributed by atoms with E-state index in [1.165, 1.54) is 0 Å². The van der Waals surface area contributed by atoms with E-state index in [-0.39, 0.29) is 0 Å². The zero-order valence-corrected chi connectivity index (χ0v) is 12.5. The second-order valence-electron chi connectivity index (χ2n) is 4.68. The first-order chi connectivity index (χ1) is 9.69. The molecule has 20 heavy (non-hydrogen) atoms. The first kappa shape index (κ1) is 12.8. The van der Waals surface area contributed by atoms with Crippen LogP contribution in [0.4, 0.5) is 0 Å². The normalized spacial score (nSPS) is 10.4. The van der Waals surface area contributed by atoms with Crippen molar-refractivity contribution in [1.29, 1.82) is 5.26 Å². The maximum absolute atomic E-state index is 9.35. The van der Waals surface area contributed by atoms with Gasteiger partial charge in [-0.05, 0) is 36.2 Å². The highest BCUT2D eigenvalue weighted by atomic mass is 79.9. The highest BCUT2D eigenvalue weighted by Crippen LogP contribution is 2.31. The average Bonchev–Trinajstić information content (AvgIpc) is 2.46. The summed E-state index contributed by atoms with van der Waals surface area (Å²) >= 11 is 3.58. The molecule has 0 N–H and O–H groups in total. The fraction of sp³-hybridized carbons (Fsp3) is 0.0588. The van der Waals surface area contributed by atoms with Gasteiger partial charge in [-0.15, -0.1) is 0 Å². The molecule has 2 aromatic carbocycles. The molecule has 96 valence electrons. The van der Waals surface area contributed by atoms with Gasteiger partial charge in [0.15, 0.2) is 0 Å². The molecule has 1 heterocycles. The predicted molar refractivity (Wildman–Crippen MR) is 84.3 cm³/mol. The number of hydrogen-bond acceptors (Lipinski definition) is 2. The van der Waals surface area contributed by atoms with Gasteiger partial charge >= 0.3 is 0 Å². The molecule has 0 amide bonds. The van der Waals surface area contributed by atoms with Gasteiger partial charge in [0.1, 0.15) is 11.8 Å². The fourth-order valence-corrected chi connectivity index (χ4v) is 2.97. The SMILES string of the molecule is Cc1cc(Br)c2cc(-c3ccccc3)c(C#N)nc2c1. The average molecular weight is 323 g/mol. The van der Waals surface area contributed by atoms with Crippen LogP contribution in [0.2, 0.25) is 0 Å². The van der Waals surface area contributed by atoms with Gasteiger partial charge in [-0.25, -0.2) is 4.98 Å². The summed E-state index contributed by atoms with van der Waals surface area (Å²) in [5.41, 5.74) is 4.29. The minimum atomic E-state index is 0.459. The zero-order chi connectivity index (χ0) is 14.1. The molecule has 3 aromatic rings. The lowest BCUT2D eigenvalue weighted by molar-refractivity contribution is 1.31. The molecule has 0 atom stereocenters. The first-order valence-electron chi connectivity index (χ1n) is 6.25. The van der Waals surface area contributed by atoms with E-state index in [0.29, 0.717) is 5.69 Å². The Bertz CT molecular complexity index is 833. The second-order valence-corrected chi connectivity index (χ2v) is 5.53. The third kappa shape index (κ3) is 2.19. The molecule has 1 aromatic heterocycles. The van der Waals surface area contributed by atoms with Crippen molar-refractivity contribution in [2.45, 2.75) is 6.92 Å². The number of pyridine rings is 1. The lowest BCUT2D eigenvalue weighted by Crippen LogP contribution is -1.92. The second kappa shape index (κ2) is 5.07. The van der Waals surface area contributed by atoms with Crippen molar-refractivity contribution in [2.75, 3.05) is 0 Å². The van der Waals surface area contributed by atoms with Crippen LogP contribution in [0, 0.1) is 18.3 Å². The molecule has 3 rings (SSSR count). The molecule has 0 spiro atoms. The van der Waals surface area contributed by atoms with Crippen molar-refractivity contribution in [3.05, 3.63) is 64.3 Å². The number of rotatable bonds is 1. The number of hydrogen-bond donors (Lipinski definition) is 0. The summed E-state index contributed by atoms with van der Waals surface area (Å²) in [5, 5.41) is 10.4. The highest BCUT2D eigenvalue weighted by Gasteiger charge is 2.10. The first-order valence-corrected chi connectivity index (χ1v) is 7.05. The van der Waals surface area contributed by atoms with Crippen LogP contribution in [0.5, 0.6) is 0 Å². The van der Waals surface area contributed by atoms with Crippen LogP contribution in [0.15, 0.2) is 53.0 Å². The fourth-order valence-electron chi connectivity index (χ4n) is 2.29. The molecule has 3 heteroatoms. The van der Waals surface area contributed by atoms with Crippen molar-refractivity contribution in [1.82, 2.24) is 4.98 Å². The Morgan fingerprint density at radius 2 is 1.85 bits per heavy atom. The summed E-state index contributed by atoms with van der Waals surface area (Å²) in [6.45, 7) is 2.02. The Morgan fingerprint density at radius 3 is 2.55 bits per heavy atom. The molecule has 0 aliphatic rings. The summed E-state index contributed by atoms with van der Waals surface area (Å²) in [6, 6.07) is 18.2. The van der Waals surface area contributed by atoms with Gasteiger partial charge in [0.25, 0.3) is 0 Å². The van der Waals surface area contributed by atoms with Crippen LogP contribution < -0.4 is 0 Å². The number of aryl methyl sites for hydroxylation is 1. The molecule has 0 aliphatic heterocycles. The molecule has 0 saturated carbocycles. The Morgan fingerprint density at radius 1 is 1.10 bits per heavy atom. The third-order valence-electron chi connectivity index (χ3n) is 3.22. The Balaban J connectivity index is 2.36. The van der Waals surface area contributed by atoms with E-state index in [1.54, 1.807) is 0 Å². The molecular weight excluding hydrogens is 312 g/mol. The van der Waals surface area contributed by atoms with Gasteiger partial charge in [-0.2, -0.15) is 5.26 Å². The minimum Gasteiger partial charge on any atom is -0.236 e. The highest BCUT2D eigenvalue weighted by molar-refractivity contribution is 9.10. The minimum absolute atomic E-state index is 0.459. The van der Waals surface area contributed by atoms with E-state index in [2.05, 4.69) is 33.0 Å². The van der Waals surface area contributed by atoms with E-state index in [9.17, 15) is 5.26 Å². The van der Waals surface area contributed by atoms with Crippen molar-refractivity contribution < 1.29 is 0 Å². The van der Waals surface area contributed by atoms with Gasteiger partial charge in [0.05, 0.1) is 5.52 Å². The van der Waals surface area contributed by atoms with Crippen LogP contribution >= 0.6 is 15.9 Å². The third-order valence-corrected chi connectivity index (χ3v) is 3.87. The zero-order valence-electron chi connectivity index (χ0n) is 10.9. The number of aromatic nitrogens is 1. The molecule has 0 radical (unpaired) electrons. The van der Waals surface area contributed by atoms with Gasteiger partial charge in [-0.3, -0.25) is 0 Å². The van der Waals surface area contributed by atoms with E-state index in [1.807, 2.05) is 49.4 Å². The lowest BCUT2D eigenvalue weighted by Gasteiger charge is -2.08. The summed E-state index contributed by atoms with van der Waals surface area (Å²) in [6.07, 6.45) is 0. The number of nitrogens with zero attached hydrogens (tertiary/aromatic N) is 2. The van der Waals surface area contributed by atoms with Crippen LogP contribution in [0.25, 0.3) is 22.0 Å². The standard InChI is InChI=1S/C17H11BrN2/c1-11-7-15(18)14-9-13(12-5-3-2-4-6-12)17(10-19)20-16(14)8-11/h2-9H,1H3. The van der Waals surface area contributed by atoms with Crippen molar-refractivity contribution in [2.24, 2.45) is 0 Å². The van der Waals surface area contributed by atoms with E-state index >= 15 is 0 Å². The van der Waals surface area contributed by atoms with E-state index in [0.717, 1.165) is 32.1 Å². The van der Waals surface area contributed by atoms with Crippen LogP contribution in [-0.2, 0) is 0 Å². The van der Waals surface area contributed by atoms with E-state index < -0.39 is 0 Å². The topological polar surface area (TPSA) is 36.7 Å². The molecule has 0 aliphatic carbocycles. The molecule has 0 saturated heterocycles. The van der Waals surface area contributed by atoms with Gasteiger partial charge in [0, 0.05) is 15.4 Å². The quantitative estimate of drug-likeness (QED) is 0.642. The van der Waals surface area contributed by atoms with E-state index in [4.69, 9.17) is 0 Å². The predicted octanol–water partition coefficient (Wildman–Crippen LogP) is 4.84. The molecule has 0 fully saturated rings. The number of benzene rings is 2. The molecule has 2 nitrogen and oxygen atoms in total. The van der Waals surface area contributed by atoms with Gasteiger partial charge < -0.3 is 0 Å². The maximum Gasteiger partial charge on any atom is 0.149 e.